The Balaban J connectivity index is 2.20. The molecule has 3 rings (SSSR count). The number of alkyl halides is 2. The number of benzene rings is 1. The van der Waals surface area contributed by atoms with E-state index in [9.17, 15) is 13.6 Å². The number of anilines is 1. The van der Waals surface area contributed by atoms with Crippen LogP contribution in [0.2, 0.25) is 0 Å². The summed E-state index contributed by atoms with van der Waals surface area (Å²) >= 11 is 0. The van der Waals surface area contributed by atoms with E-state index in [0.29, 0.717) is 11.3 Å². The van der Waals surface area contributed by atoms with Gasteiger partial charge in [-0.25, -0.2) is 0 Å². The van der Waals surface area contributed by atoms with Crippen molar-refractivity contribution in [1.29, 1.82) is 0 Å². The first-order valence-corrected chi connectivity index (χ1v) is 5.64. The van der Waals surface area contributed by atoms with Crippen LogP contribution >= 0.6 is 0 Å². The fraction of sp³-hybridized carbons (Fsp3) is 0.308. The predicted octanol–water partition coefficient (Wildman–Crippen LogP) is 2.43. The van der Waals surface area contributed by atoms with Crippen molar-refractivity contribution >= 4 is 11.6 Å². The number of hydrogen-bond acceptors (Lipinski definition) is 3. The topological polar surface area (TPSA) is 38.8 Å². The molecule has 0 spiro atoms. The molecule has 0 aliphatic carbocycles. The van der Waals surface area contributed by atoms with Crippen LogP contribution in [0.15, 0.2) is 24.8 Å². The lowest BCUT2D eigenvalue weighted by Gasteiger charge is -2.17. The average molecular weight is 267 g/mol. The molecule has 19 heavy (non-hydrogen) atoms. The average Bonchev–Trinajstić information content (AvgIpc) is 2.74. The Morgan fingerprint density at radius 2 is 1.89 bits per heavy atom. The van der Waals surface area contributed by atoms with E-state index in [1.54, 1.807) is 14.0 Å². The molecule has 2 aliphatic rings. The third-order valence-corrected chi connectivity index (χ3v) is 3.60. The van der Waals surface area contributed by atoms with Crippen LogP contribution in [0.1, 0.15) is 12.5 Å². The van der Waals surface area contributed by atoms with E-state index in [2.05, 4.69) is 16.1 Å². The quantitative estimate of drug-likeness (QED) is 0.733. The van der Waals surface area contributed by atoms with E-state index in [0.717, 1.165) is 0 Å². The summed E-state index contributed by atoms with van der Waals surface area (Å²) in [6.07, 6.45) is -2.16. The summed E-state index contributed by atoms with van der Waals surface area (Å²) < 4.78 is 34.8. The van der Waals surface area contributed by atoms with Crippen molar-refractivity contribution in [3.05, 3.63) is 30.4 Å². The van der Waals surface area contributed by atoms with Gasteiger partial charge in [0.1, 0.15) is 0 Å². The minimum absolute atomic E-state index is 0.0695. The van der Waals surface area contributed by atoms with Crippen LogP contribution in [0.4, 0.5) is 14.5 Å². The number of rotatable bonds is 1. The SMILES string of the molecule is C=CC1(C)C(=O)N(C)c2cc3c(cc21)OC(F)(F)O3. The van der Waals surface area contributed by atoms with E-state index in [-0.39, 0.29) is 17.4 Å². The molecule has 1 aromatic rings. The number of likely N-dealkylation sites (N-methyl/N-ethyl adjacent to an activating group) is 1. The van der Waals surface area contributed by atoms with Crippen molar-refractivity contribution in [2.45, 2.75) is 18.6 Å². The minimum Gasteiger partial charge on any atom is -0.395 e. The maximum Gasteiger partial charge on any atom is 0.586 e. The first kappa shape index (κ1) is 12.0. The Kier molecular flexibility index (Phi) is 2.05. The third-order valence-electron chi connectivity index (χ3n) is 3.60. The van der Waals surface area contributed by atoms with Gasteiger partial charge in [-0.3, -0.25) is 4.79 Å². The number of hydrogen-bond donors (Lipinski definition) is 0. The third kappa shape index (κ3) is 1.39. The van der Waals surface area contributed by atoms with Gasteiger partial charge in [0, 0.05) is 13.1 Å². The van der Waals surface area contributed by atoms with Crippen LogP contribution in [-0.2, 0) is 10.2 Å². The first-order valence-electron chi connectivity index (χ1n) is 5.64. The molecule has 0 bridgehead atoms. The number of halogens is 2. The molecule has 0 fully saturated rings. The monoisotopic (exact) mass is 267 g/mol. The maximum atomic E-state index is 13.0. The smallest absolute Gasteiger partial charge is 0.395 e. The Morgan fingerprint density at radius 3 is 2.47 bits per heavy atom. The number of carbonyl (C=O) groups is 1. The summed E-state index contributed by atoms with van der Waals surface area (Å²) in [6, 6.07) is 2.80. The van der Waals surface area contributed by atoms with Gasteiger partial charge in [-0.15, -0.1) is 15.4 Å². The molecule has 4 nitrogen and oxygen atoms in total. The second kappa shape index (κ2) is 3.26. The highest BCUT2D eigenvalue weighted by atomic mass is 19.3. The van der Waals surface area contributed by atoms with E-state index < -0.39 is 11.7 Å². The van der Waals surface area contributed by atoms with Crippen LogP contribution in [0.3, 0.4) is 0 Å². The highest BCUT2D eigenvalue weighted by molar-refractivity contribution is 6.09. The van der Waals surface area contributed by atoms with Gasteiger partial charge in [0.15, 0.2) is 11.5 Å². The molecular formula is C13H11F2NO3. The Labute approximate surface area is 108 Å². The summed E-state index contributed by atoms with van der Waals surface area (Å²) in [4.78, 5) is 13.6. The summed E-state index contributed by atoms with van der Waals surface area (Å²) in [5.74, 6) is -0.315. The van der Waals surface area contributed by atoms with Gasteiger partial charge in [-0.05, 0) is 18.6 Å². The van der Waals surface area contributed by atoms with Crippen molar-refractivity contribution in [2.24, 2.45) is 0 Å². The van der Waals surface area contributed by atoms with E-state index in [4.69, 9.17) is 0 Å². The molecule has 6 heteroatoms. The zero-order chi connectivity index (χ0) is 14.0. The van der Waals surface area contributed by atoms with E-state index in [1.807, 2.05) is 0 Å². The van der Waals surface area contributed by atoms with Gasteiger partial charge in [0.2, 0.25) is 5.91 Å². The molecule has 2 heterocycles. The molecule has 1 amide bonds. The zero-order valence-corrected chi connectivity index (χ0v) is 10.4. The largest absolute Gasteiger partial charge is 0.586 e. The standard InChI is InChI=1S/C13H11F2NO3/c1-4-12(2)7-5-9-10(19-13(14,15)18-9)6-8(7)16(3)11(12)17/h4-6H,1H2,2-3H3. The van der Waals surface area contributed by atoms with Crippen molar-refractivity contribution in [1.82, 2.24) is 0 Å². The van der Waals surface area contributed by atoms with Crippen molar-refractivity contribution < 1.29 is 23.0 Å². The fourth-order valence-electron chi connectivity index (χ4n) is 2.45. The molecule has 1 unspecified atom stereocenters. The van der Waals surface area contributed by atoms with Gasteiger partial charge in [0.25, 0.3) is 0 Å². The highest BCUT2D eigenvalue weighted by Gasteiger charge is 2.49. The number of nitrogens with zero attached hydrogens (tertiary/aromatic N) is 1. The molecule has 1 aromatic carbocycles. The van der Waals surface area contributed by atoms with Gasteiger partial charge in [-0.2, -0.15) is 0 Å². The summed E-state index contributed by atoms with van der Waals surface area (Å²) in [7, 11) is 1.58. The lowest BCUT2D eigenvalue weighted by Crippen LogP contribution is -2.34. The second-order valence-corrected chi connectivity index (χ2v) is 4.75. The van der Waals surface area contributed by atoms with Crippen LogP contribution in [-0.4, -0.2) is 19.2 Å². The first-order chi connectivity index (χ1) is 8.78. The molecule has 0 aromatic heterocycles. The lowest BCUT2D eigenvalue weighted by molar-refractivity contribution is -0.286. The normalized spacial score (nSPS) is 26.5. The van der Waals surface area contributed by atoms with Crippen LogP contribution in [0.25, 0.3) is 0 Å². The molecule has 100 valence electrons. The van der Waals surface area contributed by atoms with Crippen molar-refractivity contribution in [2.75, 3.05) is 11.9 Å². The number of ether oxygens (including phenoxy) is 2. The fourth-order valence-corrected chi connectivity index (χ4v) is 2.45. The number of amides is 1. The van der Waals surface area contributed by atoms with Gasteiger partial charge < -0.3 is 14.4 Å². The Hall–Kier alpha value is -2.11. The van der Waals surface area contributed by atoms with Gasteiger partial charge in [0.05, 0.1) is 11.1 Å². The lowest BCUT2D eigenvalue weighted by atomic mass is 9.84. The molecule has 1 atom stereocenters. The highest BCUT2D eigenvalue weighted by Crippen LogP contribution is 2.50. The summed E-state index contributed by atoms with van der Waals surface area (Å²) in [5, 5.41) is 0. The molecule has 0 radical (unpaired) electrons. The van der Waals surface area contributed by atoms with Crippen LogP contribution in [0.5, 0.6) is 11.5 Å². The maximum absolute atomic E-state index is 13.0. The molecule has 2 aliphatic heterocycles. The minimum atomic E-state index is -3.66. The number of fused-ring (bicyclic) bond motifs is 2. The van der Waals surface area contributed by atoms with Crippen LogP contribution < -0.4 is 14.4 Å². The van der Waals surface area contributed by atoms with Crippen molar-refractivity contribution in [3.63, 3.8) is 0 Å². The van der Waals surface area contributed by atoms with Crippen LogP contribution in [0, 0.1) is 0 Å². The second-order valence-electron chi connectivity index (χ2n) is 4.75. The van der Waals surface area contributed by atoms with Gasteiger partial charge in [-0.1, -0.05) is 6.08 Å². The molecular weight excluding hydrogens is 256 g/mol. The molecule has 0 saturated heterocycles. The number of carbonyl (C=O) groups excluding carboxylic acids is 1. The predicted molar refractivity (Wildman–Crippen MR) is 63.6 cm³/mol. The Morgan fingerprint density at radius 1 is 1.32 bits per heavy atom. The van der Waals surface area contributed by atoms with Crippen molar-refractivity contribution in [3.8, 4) is 11.5 Å². The zero-order valence-electron chi connectivity index (χ0n) is 10.4. The van der Waals surface area contributed by atoms with E-state index in [1.165, 1.54) is 23.1 Å². The van der Waals surface area contributed by atoms with E-state index >= 15 is 0 Å². The Bertz CT molecular complexity index is 614. The summed E-state index contributed by atoms with van der Waals surface area (Å²) in [5.41, 5.74) is 0.155. The molecule has 0 N–H and O–H groups in total. The van der Waals surface area contributed by atoms with Gasteiger partial charge >= 0.3 is 6.29 Å². The summed E-state index contributed by atoms with van der Waals surface area (Å²) in [6.45, 7) is 5.34. The molecule has 0 saturated carbocycles.